The zero-order valence-electron chi connectivity index (χ0n) is 14.9. The average molecular weight is 396 g/mol. The lowest BCUT2D eigenvalue weighted by molar-refractivity contribution is -0.114. The maximum absolute atomic E-state index is 11.2. The van der Waals surface area contributed by atoms with Crippen LogP contribution in [-0.4, -0.2) is 15.9 Å². The van der Waals surface area contributed by atoms with Crippen LogP contribution in [-0.2, 0) is 11.4 Å². The molecule has 4 rings (SSSR count). The summed E-state index contributed by atoms with van der Waals surface area (Å²) in [5.74, 6) is 0.680. The first-order valence-electron chi connectivity index (χ1n) is 8.40. The molecule has 2 aromatic heterocycles. The maximum atomic E-state index is 11.2. The largest absolute Gasteiger partial charge is 0.486 e. The second kappa shape index (κ2) is 7.46. The van der Waals surface area contributed by atoms with Crippen LogP contribution in [0, 0.1) is 6.92 Å². The molecule has 136 valence electrons. The monoisotopic (exact) mass is 395 g/mol. The Morgan fingerprint density at radius 2 is 2.04 bits per heavy atom. The Hall–Kier alpha value is -2.77. The van der Waals surface area contributed by atoms with E-state index in [0.29, 0.717) is 11.7 Å². The highest BCUT2D eigenvalue weighted by Gasteiger charge is 2.10. The molecule has 0 saturated carbocycles. The summed E-state index contributed by atoms with van der Waals surface area (Å²) in [6, 6.07) is 14.0. The molecule has 0 bridgehead atoms. The molecule has 0 aliphatic heterocycles. The summed E-state index contributed by atoms with van der Waals surface area (Å²) in [6.45, 7) is 3.95. The van der Waals surface area contributed by atoms with Crippen molar-refractivity contribution in [1.29, 1.82) is 0 Å². The number of amides is 1. The predicted octanol–water partition coefficient (Wildman–Crippen LogP) is 5.27. The second-order valence-electron chi connectivity index (χ2n) is 6.06. The lowest BCUT2D eigenvalue weighted by Gasteiger charge is -2.08. The zero-order chi connectivity index (χ0) is 18.8. The number of nitrogens with zero attached hydrogens (tertiary/aromatic N) is 2. The highest BCUT2D eigenvalue weighted by Crippen LogP contribution is 2.30. The van der Waals surface area contributed by atoms with E-state index in [1.54, 1.807) is 11.3 Å². The van der Waals surface area contributed by atoms with Crippen LogP contribution in [0.5, 0.6) is 5.75 Å². The van der Waals surface area contributed by atoms with E-state index < -0.39 is 0 Å². The van der Waals surface area contributed by atoms with E-state index in [0.717, 1.165) is 33.1 Å². The van der Waals surface area contributed by atoms with Gasteiger partial charge in [0.25, 0.3) is 0 Å². The number of hydrogen-bond acceptors (Lipinski definition) is 6. The van der Waals surface area contributed by atoms with Crippen LogP contribution < -0.4 is 10.1 Å². The van der Waals surface area contributed by atoms with E-state index >= 15 is 0 Å². The molecule has 0 fully saturated rings. The number of hydrogen-bond donors (Lipinski definition) is 1. The van der Waals surface area contributed by atoms with Crippen molar-refractivity contribution in [3.05, 3.63) is 58.4 Å². The third-order valence-electron chi connectivity index (χ3n) is 3.96. The molecule has 0 aliphatic carbocycles. The fraction of sp³-hybridized carbons (Fsp3) is 0.150. The molecule has 2 aromatic carbocycles. The first-order chi connectivity index (χ1) is 13.1. The number of thiazole rings is 2. The quantitative estimate of drug-likeness (QED) is 0.500. The molecule has 1 N–H and O–H groups in total. The number of carbonyl (C=O) groups excluding carboxylic acids is 1. The van der Waals surface area contributed by atoms with Gasteiger partial charge in [0.1, 0.15) is 17.4 Å². The molecule has 1 amide bonds. The molecule has 27 heavy (non-hydrogen) atoms. The van der Waals surface area contributed by atoms with Gasteiger partial charge in [-0.25, -0.2) is 9.97 Å². The highest BCUT2D eigenvalue weighted by atomic mass is 32.1. The highest BCUT2D eigenvalue weighted by molar-refractivity contribution is 7.18. The Labute approximate surface area is 164 Å². The van der Waals surface area contributed by atoms with E-state index in [9.17, 15) is 4.79 Å². The van der Waals surface area contributed by atoms with Gasteiger partial charge in [-0.3, -0.25) is 4.79 Å². The van der Waals surface area contributed by atoms with Crippen molar-refractivity contribution in [2.45, 2.75) is 20.5 Å². The van der Waals surface area contributed by atoms with Crippen LogP contribution in [0.15, 0.2) is 47.8 Å². The number of carbonyl (C=O) groups is 1. The van der Waals surface area contributed by atoms with Crippen molar-refractivity contribution in [2.24, 2.45) is 0 Å². The molecule has 5 nitrogen and oxygen atoms in total. The second-order valence-corrected chi connectivity index (χ2v) is 8.03. The van der Waals surface area contributed by atoms with Crippen LogP contribution in [0.3, 0.4) is 0 Å². The number of rotatable bonds is 5. The van der Waals surface area contributed by atoms with E-state index in [1.165, 1.54) is 23.0 Å². The normalized spacial score (nSPS) is 10.9. The Bertz CT molecular complexity index is 1080. The van der Waals surface area contributed by atoms with E-state index in [2.05, 4.69) is 21.4 Å². The van der Waals surface area contributed by atoms with Gasteiger partial charge in [-0.2, -0.15) is 0 Å². The van der Waals surface area contributed by atoms with Crippen LogP contribution in [0.2, 0.25) is 0 Å². The van der Waals surface area contributed by atoms with Gasteiger partial charge in [-0.1, -0.05) is 12.1 Å². The van der Waals surface area contributed by atoms with Crippen molar-refractivity contribution in [3.63, 3.8) is 0 Å². The summed E-state index contributed by atoms with van der Waals surface area (Å²) in [6.07, 6.45) is 0. The van der Waals surface area contributed by atoms with Crippen LogP contribution >= 0.6 is 22.7 Å². The van der Waals surface area contributed by atoms with Crippen LogP contribution in [0.1, 0.15) is 17.5 Å². The predicted molar refractivity (Wildman–Crippen MR) is 111 cm³/mol. The Morgan fingerprint density at radius 1 is 1.19 bits per heavy atom. The van der Waals surface area contributed by atoms with E-state index in [4.69, 9.17) is 4.74 Å². The molecule has 0 spiro atoms. The standard InChI is InChI=1S/C20H17N3O2S2/c1-12-9-14(25-10-19-22-16-5-3-4-6-18(16)27-19)7-8-15(12)17-11-26-20(23-17)21-13(2)24/h3-9,11H,10H2,1-2H3,(H,21,23,24). The number of para-hydroxylation sites is 1. The van der Waals surface area contributed by atoms with Crippen molar-refractivity contribution in [1.82, 2.24) is 9.97 Å². The number of aromatic nitrogens is 2. The molecule has 0 unspecified atom stereocenters. The number of nitrogens with one attached hydrogen (secondary N) is 1. The number of anilines is 1. The van der Waals surface area contributed by atoms with Crippen molar-refractivity contribution >= 4 is 43.9 Å². The molecular weight excluding hydrogens is 378 g/mol. The topological polar surface area (TPSA) is 64.1 Å². The molecule has 4 aromatic rings. The van der Waals surface area contributed by atoms with Crippen molar-refractivity contribution in [2.75, 3.05) is 5.32 Å². The first-order valence-corrected chi connectivity index (χ1v) is 10.1. The minimum atomic E-state index is -0.119. The third-order valence-corrected chi connectivity index (χ3v) is 5.73. The summed E-state index contributed by atoms with van der Waals surface area (Å²) >= 11 is 3.06. The molecule has 2 heterocycles. The minimum absolute atomic E-state index is 0.119. The summed E-state index contributed by atoms with van der Waals surface area (Å²) in [7, 11) is 0. The van der Waals surface area contributed by atoms with Crippen LogP contribution in [0.25, 0.3) is 21.5 Å². The lowest BCUT2D eigenvalue weighted by Crippen LogP contribution is -2.05. The molecule has 0 radical (unpaired) electrons. The lowest BCUT2D eigenvalue weighted by atomic mass is 10.1. The van der Waals surface area contributed by atoms with Gasteiger partial charge >= 0.3 is 0 Å². The smallest absolute Gasteiger partial charge is 0.223 e. The summed E-state index contributed by atoms with van der Waals surface area (Å²) < 4.78 is 7.09. The number of benzene rings is 2. The average Bonchev–Trinajstić information content (AvgIpc) is 3.26. The van der Waals surface area contributed by atoms with Crippen LogP contribution in [0.4, 0.5) is 5.13 Å². The number of fused-ring (bicyclic) bond motifs is 1. The fourth-order valence-electron chi connectivity index (χ4n) is 2.75. The maximum Gasteiger partial charge on any atom is 0.223 e. The molecule has 0 atom stereocenters. The third kappa shape index (κ3) is 3.99. The minimum Gasteiger partial charge on any atom is -0.486 e. The summed E-state index contributed by atoms with van der Waals surface area (Å²) in [5.41, 5.74) is 3.94. The Balaban J connectivity index is 1.48. The van der Waals surface area contributed by atoms with Crippen molar-refractivity contribution < 1.29 is 9.53 Å². The van der Waals surface area contributed by atoms with Crippen molar-refractivity contribution in [3.8, 4) is 17.0 Å². The number of ether oxygens (including phenoxy) is 1. The number of aryl methyl sites for hydroxylation is 1. The molecular formula is C20H17N3O2S2. The summed E-state index contributed by atoms with van der Waals surface area (Å²) in [5, 5.41) is 6.21. The van der Waals surface area contributed by atoms with Gasteiger partial charge in [-0.05, 0) is 42.8 Å². The van der Waals surface area contributed by atoms with Gasteiger partial charge in [0.2, 0.25) is 5.91 Å². The molecule has 0 saturated heterocycles. The molecule has 7 heteroatoms. The zero-order valence-corrected chi connectivity index (χ0v) is 16.5. The van der Waals surface area contributed by atoms with E-state index in [1.807, 2.05) is 48.7 Å². The fourth-order valence-corrected chi connectivity index (χ4v) is 4.38. The van der Waals surface area contributed by atoms with Gasteiger partial charge in [0.15, 0.2) is 5.13 Å². The Kier molecular flexibility index (Phi) is 4.87. The van der Waals surface area contributed by atoms with E-state index in [-0.39, 0.29) is 5.91 Å². The van der Waals surface area contributed by atoms with Gasteiger partial charge in [-0.15, -0.1) is 22.7 Å². The summed E-state index contributed by atoms with van der Waals surface area (Å²) in [4.78, 5) is 20.2. The Morgan fingerprint density at radius 3 is 2.81 bits per heavy atom. The molecule has 0 aliphatic rings. The van der Waals surface area contributed by atoms with Gasteiger partial charge < -0.3 is 10.1 Å². The van der Waals surface area contributed by atoms with Gasteiger partial charge in [0, 0.05) is 17.9 Å². The SMILES string of the molecule is CC(=O)Nc1nc(-c2ccc(OCc3nc4ccccc4s3)cc2C)cs1. The first kappa shape index (κ1) is 17.6. The van der Waals surface area contributed by atoms with Gasteiger partial charge in [0.05, 0.1) is 15.9 Å².